The Balaban J connectivity index is 1.10. The van der Waals surface area contributed by atoms with Gasteiger partial charge in [0.2, 0.25) is 0 Å². The Morgan fingerprint density at radius 3 is 1.79 bits per heavy atom. The molecule has 1 aliphatic heterocycles. The van der Waals surface area contributed by atoms with Gasteiger partial charge in [-0.05, 0) is 42.0 Å². The minimum absolute atomic E-state index is 0.312. The standard InChI is InChI=1S/C39H27N3O/c1-3-11-28(12-4-1)34-25-35(41-39(40-34)29-13-5-2-6-14-29)38-24-21-30(26-43-38)27-19-22-31(23-20-27)42-36-17-9-7-15-32(36)33-16-8-10-18-37(33)42/h1-26,38H. The van der Waals surface area contributed by atoms with Crippen LogP contribution in [0.25, 0.3) is 55.7 Å². The van der Waals surface area contributed by atoms with Crippen molar-refractivity contribution < 1.29 is 4.74 Å². The number of ether oxygens (including phenoxy) is 1. The van der Waals surface area contributed by atoms with Gasteiger partial charge in [-0.25, -0.2) is 9.97 Å². The summed E-state index contributed by atoms with van der Waals surface area (Å²) in [6.45, 7) is 0. The number of para-hydroxylation sites is 2. The molecule has 1 atom stereocenters. The first-order valence-electron chi connectivity index (χ1n) is 14.4. The molecule has 0 radical (unpaired) electrons. The van der Waals surface area contributed by atoms with Gasteiger partial charge in [0.25, 0.3) is 0 Å². The van der Waals surface area contributed by atoms with Crippen LogP contribution in [0.5, 0.6) is 0 Å². The van der Waals surface area contributed by atoms with E-state index in [9.17, 15) is 0 Å². The third kappa shape index (κ3) is 4.59. The van der Waals surface area contributed by atoms with Gasteiger partial charge in [-0.15, -0.1) is 0 Å². The predicted octanol–water partition coefficient (Wildman–Crippen LogP) is 9.58. The van der Waals surface area contributed by atoms with E-state index in [4.69, 9.17) is 14.7 Å². The number of hydrogen-bond donors (Lipinski definition) is 0. The topological polar surface area (TPSA) is 39.9 Å². The van der Waals surface area contributed by atoms with Crippen LogP contribution in [-0.2, 0) is 4.74 Å². The smallest absolute Gasteiger partial charge is 0.160 e. The molecule has 3 heterocycles. The molecule has 0 N–H and O–H groups in total. The molecule has 5 aromatic carbocycles. The van der Waals surface area contributed by atoms with Crippen LogP contribution < -0.4 is 0 Å². The fourth-order valence-corrected chi connectivity index (χ4v) is 5.84. The van der Waals surface area contributed by atoms with Crippen LogP contribution in [0.4, 0.5) is 0 Å². The average molecular weight is 554 g/mol. The van der Waals surface area contributed by atoms with Gasteiger partial charge in [-0.2, -0.15) is 0 Å². The summed E-state index contributed by atoms with van der Waals surface area (Å²) in [7, 11) is 0. The number of aromatic nitrogens is 3. The summed E-state index contributed by atoms with van der Waals surface area (Å²) >= 11 is 0. The SMILES string of the molecule is C1=CC(c2cc(-c3ccccc3)nc(-c3ccccc3)n2)OC=C1c1ccc(-n2c3ccccc3c3ccccc32)cc1. The van der Waals surface area contributed by atoms with E-state index in [2.05, 4.69) is 102 Å². The number of benzene rings is 5. The maximum Gasteiger partial charge on any atom is 0.160 e. The van der Waals surface area contributed by atoms with Gasteiger partial charge in [0.15, 0.2) is 11.9 Å². The normalized spacial score (nSPS) is 14.5. The molecule has 0 bridgehead atoms. The highest BCUT2D eigenvalue weighted by molar-refractivity contribution is 6.09. The highest BCUT2D eigenvalue weighted by Gasteiger charge is 2.19. The molecule has 0 saturated heterocycles. The summed E-state index contributed by atoms with van der Waals surface area (Å²) in [5, 5.41) is 2.52. The molecular weight excluding hydrogens is 526 g/mol. The van der Waals surface area contributed by atoms with Crippen molar-refractivity contribution in [1.29, 1.82) is 0 Å². The molecule has 2 aromatic heterocycles. The summed E-state index contributed by atoms with van der Waals surface area (Å²) in [5.41, 5.74) is 9.36. The molecule has 0 fully saturated rings. The lowest BCUT2D eigenvalue weighted by Crippen LogP contribution is -2.07. The Bertz CT molecular complexity index is 2030. The van der Waals surface area contributed by atoms with Crippen LogP contribution in [-0.4, -0.2) is 14.5 Å². The van der Waals surface area contributed by atoms with E-state index >= 15 is 0 Å². The number of allylic oxidation sites excluding steroid dienone is 2. The van der Waals surface area contributed by atoms with E-state index in [1.807, 2.05) is 60.9 Å². The largest absolute Gasteiger partial charge is 0.487 e. The molecule has 0 aliphatic carbocycles. The fraction of sp³-hybridized carbons (Fsp3) is 0.0256. The predicted molar refractivity (Wildman–Crippen MR) is 175 cm³/mol. The van der Waals surface area contributed by atoms with Gasteiger partial charge < -0.3 is 9.30 Å². The zero-order valence-corrected chi connectivity index (χ0v) is 23.3. The van der Waals surface area contributed by atoms with E-state index in [1.54, 1.807) is 0 Å². The van der Waals surface area contributed by atoms with Crippen molar-refractivity contribution in [3.63, 3.8) is 0 Å². The van der Waals surface area contributed by atoms with E-state index in [0.717, 1.165) is 39.3 Å². The van der Waals surface area contributed by atoms with Crippen LogP contribution in [0.1, 0.15) is 17.4 Å². The summed E-state index contributed by atoms with van der Waals surface area (Å²) in [4.78, 5) is 9.81. The summed E-state index contributed by atoms with van der Waals surface area (Å²) < 4.78 is 8.62. The monoisotopic (exact) mass is 553 g/mol. The molecule has 0 amide bonds. The van der Waals surface area contributed by atoms with Crippen LogP contribution in [0.3, 0.4) is 0 Å². The van der Waals surface area contributed by atoms with Gasteiger partial charge >= 0.3 is 0 Å². The Labute approximate surface area is 249 Å². The Morgan fingerprint density at radius 2 is 1.16 bits per heavy atom. The Kier molecular flexibility index (Phi) is 6.16. The van der Waals surface area contributed by atoms with Crippen molar-refractivity contribution >= 4 is 27.4 Å². The number of fused-ring (bicyclic) bond motifs is 3. The lowest BCUT2D eigenvalue weighted by Gasteiger charge is -2.19. The number of nitrogens with zero attached hydrogens (tertiary/aromatic N) is 3. The zero-order chi connectivity index (χ0) is 28.6. The van der Waals surface area contributed by atoms with Gasteiger partial charge in [0.1, 0.15) is 0 Å². The first kappa shape index (κ1) is 25.0. The second kappa shape index (κ2) is 10.6. The minimum atomic E-state index is -0.312. The third-order valence-corrected chi connectivity index (χ3v) is 7.97. The molecule has 0 saturated carbocycles. The molecule has 43 heavy (non-hydrogen) atoms. The summed E-state index contributed by atoms with van der Waals surface area (Å²) in [6, 6.07) is 48.1. The second-order valence-corrected chi connectivity index (χ2v) is 10.6. The lowest BCUT2D eigenvalue weighted by molar-refractivity contribution is 0.184. The van der Waals surface area contributed by atoms with E-state index in [0.29, 0.717) is 5.82 Å². The highest BCUT2D eigenvalue weighted by Crippen LogP contribution is 2.34. The quantitative estimate of drug-likeness (QED) is 0.213. The maximum absolute atomic E-state index is 6.29. The molecule has 4 nitrogen and oxygen atoms in total. The van der Waals surface area contributed by atoms with E-state index in [-0.39, 0.29) is 6.10 Å². The molecular formula is C39H27N3O. The van der Waals surface area contributed by atoms with Crippen molar-refractivity contribution in [1.82, 2.24) is 14.5 Å². The maximum atomic E-state index is 6.29. The van der Waals surface area contributed by atoms with Gasteiger partial charge in [-0.1, -0.05) is 115 Å². The van der Waals surface area contributed by atoms with Crippen LogP contribution in [0, 0.1) is 0 Å². The number of rotatable bonds is 5. The summed E-state index contributed by atoms with van der Waals surface area (Å²) in [6.07, 6.45) is 5.72. The highest BCUT2D eigenvalue weighted by atomic mass is 16.5. The molecule has 4 heteroatoms. The Hall–Kier alpha value is -5.74. The molecule has 8 rings (SSSR count). The Morgan fingerprint density at radius 1 is 0.558 bits per heavy atom. The first-order chi connectivity index (χ1) is 21.3. The third-order valence-electron chi connectivity index (χ3n) is 7.97. The minimum Gasteiger partial charge on any atom is -0.487 e. The van der Waals surface area contributed by atoms with Gasteiger partial charge in [0.05, 0.1) is 28.7 Å². The van der Waals surface area contributed by atoms with Crippen LogP contribution in [0.2, 0.25) is 0 Å². The second-order valence-electron chi connectivity index (χ2n) is 10.6. The summed E-state index contributed by atoms with van der Waals surface area (Å²) in [5.74, 6) is 0.685. The first-order valence-corrected chi connectivity index (χ1v) is 14.4. The molecule has 7 aromatic rings. The molecule has 204 valence electrons. The van der Waals surface area contributed by atoms with Crippen molar-refractivity contribution in [2.75, 3.05) is 0 Å². The average Bonchev–Trinajstić information content (AvgIpc) is 3.43. The van der Waals surface area contributed by atoms with Gasteiger partial charge in [0, 0.05) is 33.2 Å². The van der Waals surface area contributed by atoms with E-state index < -0.39 is 0 Å². The van der Waals surface area contributed by atoms with Crippen LogP contribution >= 0.6 is 0 Å². The molecule has 1 aliphatic rings. The van der Waals surface area contributed by atoms with Gasteiger partial charge in [-0.3, -0.25) is 0 Å². The fourth-order valence-electron chi connectivity index (χ4n) is 5.84. The lowest BCUT2D eigenvalue weighted by atomic mass is 10.0. The zero-order valence-electron chi connectivity index (χ0n) is 23.3. The number of hydrogen-bond acceptors (Lipinski definition) is 3. The molecule has 0 spiro atoms. The molecule has 1 unspecified atom stereocenters. The van der Waals surface area contributed by atoms with Crippen molar-refractivity contribution in [3.05, 3.63) is 169 Å². The van der Waals surface area contributed by atoms with Crippen molar-refractivity contribution in [2.45, 2.75) is 6.10 Å². The van der Waals surface area contributed by atoms with E-state index in [1.165, 1.54) is 21.8 Å². The van der Waals surface area contributed by atoms with Crippen molar-refractivity contribution in [2.24, 2.45) is 0 Å². The van der Waals surface area contributed by atoms with Crippen LogP contribution in [0.15, 0.2) is 158 Å². The van der Waals surface area contributed by atoms with Crippen molar-refractivity contribution in [3.8, 4) is 28.3 Å².